The molecule has 0 radical (unpaired) electrons. The number of carbonyl (C=O) groups excluding carboxylic acids is 2. The summed E-state index contributed by atoms with van der Waals surface area (Å²) in [6, 6.07) is 2.04. The third kappa shape index (κ3) is 3.21. The van der Waals surface area contributed by atoms with Crippen LogP contribution >= 0.6 is 11.3 Å². The predicted molar refractivity (Wildman–Crippen MR) is 89.1 cm³/mol. The van der Waals surface area contributed by atoms with Crippen LogP contribution in [0.4, 0.5) is 0 Å². The monoisotopic (exact) mass is 348 g/mol. The smallest absolute Gasteiger partial charge is 0.344 e. The Bertz CT molecular complexity index is 762. The summed E-state index contributed by atoms with van der Waals surface area (Å²) in [5.74, 6) is -0.228. The van der Waals surface area contributed by atoms with Crippen LogP contribution in [0, 0.1) is 6.92 Å². The zero-order valence-corrected chi connectivity index (χ0v) is 14.8. The van der Waals surface area contributed by atoms with Gasteiger partial charge in [-0.2, -0.15) is 0 Å². The Hall–Kier alpha value is -2.15. The quantitative estimate of drug-likeness (QED) is 0.795. The molecule has 1 aliphatic heterocycles. The van der Waals surface area contributed by atoms with Crippen LogP contribution in [0.1, 0.15) is 52.0 Å². The SMILES string of the molecule is Cc1noc(C(C)C)c1C(=O)OCC(=O)N1CCc2sccc2C1. The summed E-state index contributed by atoms with van der Waals surface area (Å²) in [4.78, 5) is 27.7. The second-order valence-corrected chi connectivity index (χ2v) is 7.17. The number of esters is 1. The number of fused-ring (bicyclic) bond motifs is 1. The van der Waals surface area contributed by atoms with Crippen molar-refractivity contribution in [2.24, 2.45) is 0 Å². The fraction of sp³-hybridized carbons (Fsp3) is 0.471. The molecule has 0 aromatic carbocycles. The second kappa shape index (κ2) is 6.76. The average molecular weight is 348 g/mol. The Morgan fingerprint density at radius 3 is 3.00 bits per heavy atom. The maximum atomic E-state index is 12.3. The van der Waals surface area contributed by atoms with Crippen molar-refractivity contribution in [2.75, 3.05) is 13.2 Å². The fourth-order valence-corrected chi connectivity index (χ4v) is 3.67. The minimum atomic E-state index is -0.556. The van der Waals surface area contributed by atoms with Crippen LogP contribution < -0.4 is 0 Å². The fourth-order valence-electron chi connectivity index (χ4n) is 2.78. The first kappa shape index (κ1) is 16.7. The average Bonchev–Trinajstić information content (AvgIpc) is 3.17. The van der Waals surface area contributed by atoms with E-state index in [1.807, 2.05) is 25.3 Å². The van der Waals surface area contributed by atoms with Gasteiger partial charge in [-0.05, 0) is 30.4 Å². The van der Waals surface area contributed by atoms with E-state index in [4.69, 9.17) is 9.26 Å². The number of hydrogen-bond acceptors (Lipinski definition) is 6. The molecule has 0 saturated carbocycles. The molecule has 0 fully saturated rings. The van der Waals surface area contributed by atoms with Crippen LogP contribution in [0.25, 0.3) is 0 Å². The first-order chi connectivity index (χ1) is 11.5. The van der Waals surface area contributed by atoms with Crippen molar-refractivity contribution in [3.8, 4) is 0 Å². The molecule has 7 heteroatoms. The molecule has 3 rings (SSSR count). The van der Waals surface area contributed by atoms with E-state index in [-0.39, 0.29) is 18.4 Å². The molecule has 0 spiro atoms. The lowest BCUT2D eigenvalue weighted by molar-refractivity contribution is -0.135. The molecule has 1 aliphatic rings. The van der Waals surface area contributed by atoms with Crippen LogP contribution in [0.2, 0.25) is 0 Å². The Morgan fingerprint density at radius 2 is 2.25 bits per heavy atom. The Morgan fingerprint density at radius 1 is 1.46 bits per heavy atom. The van der Waals surface area contributed by atoms with Crippen molar-refractivity contribution in [1.29, 1.82) is 0 Å². The molecule has 0 atom stereocenters. The number of aromatic nitrogens is 1. The maximum absolute atomic E-state index is 12.3. The number of amides is 1. The van der Waals surface area contributed by atoms with E-state index in [1.165, 1.54) is 10.4 Å². The molecule has 0 saturated heterocycles. The number of aryl methyl sites for hydroxylation is 1. The normalized spacial score (nSPS) is 13.9. The number of nitrogens with zero attached hydrogens (tertiary/aromatic N) is 2. The van der Waals surface area contributed by atoms with Gasteiger partial charge in [-0.3, -0.25) is 4.79 Å². The molecule has 0 aliphatic carbocycles. The van der Waals surface area contributed by atoms with Crippen LogP contribution in [-0.4, -0.2) is 35.1 Å². The minimum Gasteiger partial charge on any atom is -0.452 e. The number of ether oxygens (including phenoxy) is 1. The molecule has 24 heavy (non-hydrogen) atoms. The van der Waals surface area contributed by atoms with Gasteiger partial charge in [-0.1, -0.05) is 19.0 Å². The topological polar surface area (TPSA) is 72.6 Å². The minimum absolute atomic E-state index is 0.0172. The van der Waals surface area contributed by atoms with Gasteiger partial charge in [0.25, 0.3) is 5.91 Å². The van der Waals surface area contributed by atoms with E-state index in [9.17, 15) is 9.59 Å². The highest BCUT2D eigenvalue weighted by Gasteiger charge is 2.26. The van der Waals surface area contributed by atoms with Gasteiger partial charge < -0.3 is 14.2 Å². The highest BCUT2D eigenvalue weighted by Crippen LogP contribution is 2.25. The van der Waals surface area contributed by atoms with E-state index < -0.39 is 5.97 Å². The molecule has 6 nitrogen and oxygen atoms in total. The van der Waals surface area contributed by atoms with Crippen molar-refractivity contribution < 1.29 is 18.8 Å². The summed E-state index contributed by atoms with van der Waals surface area (Å²) in [6.07, 6.45) is 0.856. The molecule has 1 amide bonds. The van der Waals surface area contributed by atoms with Crippen molar-refractivity contribution in [1.82, 2.24) is 10.1 Å². The van der Waals surface area contributed by atoms with E-state index in [2.05, 4.69) is 5.16 Å². The van der Waals surface area contributed by atoms with Gasteiger partial charge in [0, 0.05) is 23.9 Å². The first-order valence-corrected chi connectivity index (χ1v) is 8.81. The van der Waals surface area contributed by atoms with Crippen LogP contribution in [-0.2, 0) is 22.5 Å². The third-order valence-corrected chi connectivity index (χ3v) is 5.13. The lowest BCUT2D eigenvalue weighted by atomic mass is 10.1. The van der Waals surface area contributed by atoms with Crippen molar-refractivity contribution in [2.45, 2.75) is 39.7 Å². The summed E-state index contributed by atoms with van der Waals surface area (Å²) in [5.41, 5.74) is 2.00. The lowest BCUT2D eigenvalue weighted by Crippen LogP contribution is -2.38. The number of carbonyl (C=O) groups is 2. The second-order valence-electron chi connectivity index (χ2n) is 6.17. The van der Waals surface area contributed by atoms with E-state index in [1.54, 1.807) is 23.2 Å². The summed E-state index contributed by atoms with van der Waals surface area (Å²) in [7, 11) is 0. The lowest BCUT2D eigenvalue weighted by Gasteiger charge is -2.26. The molecule has 0 bridgehead atoms. The third-order valence-electron chi connectivity index (χ3n) is 4.10. The van der Waals surface area contributed by atoms with Crippen molar-refractivity contribution in [3.63, 3.8) is 0 Å². The van der Waals surface area contributed by atoms with Gasteiger partial charge in [0.15, 0.2) is 12.4 Å². The molecule has 128 valence electrons. The summed E-state index contributed by atoms with van der Waals surface area (Å²) in [5, 5.41) is 5.87. The van der Waals surface area contributed by atoms with Gasteiger partial charge in [-0.25, -0.2) is 4.79 Å². The summed E-state index contributed by atoms with van der Waals surface area (Å²) >= 11 is 1.72. The van der Waals surface area contributed by atoms with Crippen LogP contribution in [0.15, 0.2) is 16.0 Å². The molecular weight excluding hydrogens is 328 g/mol. The Balaban J connectivity index is 1.61. The summed E-state index contributed by atoms with van der Waals surface area (Å²) < 4.78 is 10.4. The first-order valence-electron chi connectivity index (χ1n) is 7.93. The highest BCUT2D eigenvalue weighted by molar-refractivity contribution is 7.10. The largest absolute Gasteiger partial charge is 0.452 e. The van der Waals surface area contributed by atoms with Crippen molar-refractivity contribution in [3.05, 3.63) is 38.9 Å². The van der Waals surface area contributed by atoms with Crippen LogP contribution in [0.3, 0.4) is 0 Å². The van der Waals surface area contributed by atoms with E-state index >= 15 is 0 Å². The summed E-state index contributed by atoms with van der Waals surface area (Å²) in [6.45, 7) is 6.49. The molecule has 0 N–H and O–H groups in total. The van der Waals surface area contributed by atoms with Gasteiger partial charge in [0.2, 0.25) is 0 Å². The zero-order chi connectivity index (χ0) is 17.3. The molecule has 2 aromatic heterocycles. The number of hydrogen-bond donors (Lipinski definition) is 0. The number of rotatable bonds is 4. The maximum Gasteiger partial charge on any atom is 0.344 e. The Labute approximate surface area is 144 Å². The van der Waals surface area contributed by atoms with Crippen molar-refractivity contribution >= 4 is 23.2 Å². The molecule has 2 aromatic rings. The molecule has 0 unspecified atom stereocenters. The van der Waals surface area contributed by atoms with E-state index in [0.29, 0.717) is 30.1 Å². The van der Waals surface area contributed by atoms with Gasteiger partial charge >= 0.3 is 5.97 Å². The standard InChI is InChI=1S/C17H20N2O4S/c1-10(2)16-15(11(3)18-23-16)17(21)22-9-14(20)19-6-4-13-12(8-19)5-7-24-13/h5,7,10H,4,6,8-9H2,1-3H3. The predicted octanol–water partition coefficient (Wildman–Crippen LogP) is 2.91. The van der Waals surface area contributed by atoms with Crippen LogP contribution in [0.5, 0.6) is 0 Å². The molecule has 3 heterocycles. The van der Waals surface area contributed by atoms with E-state index in [0.717, 1.165) is 6.42 Å². The number of thiophene rings is 1. The van der Waals surface area contributed by atoms with Gasteiger partial charge in [-0.15, -0.1) is 11.3 Å². The zero-order valence-electron chi connectivity index (χ0n) is 14.0. The van der Waals surface area contributed by atoms with Gasteiger partial charge in [0.05, 0.1) is 5.69 Å². The Kier molecular flexibility index (Phi) is 4.71. The van der Waals surface area contributed by atoms with Gasteiger partial charge in [0.1, 0.15) is 5.56 Å². The molecular formula is C17H20N2O4S. The highest BCUT2D eigenvalue weighted by atomic mass is 32.1.